The van der Waals surface area contributed by atoms with Gasteiger partial charge in [-0.1, -0.05) is 36.4 Å². The topological polar surface area (TPSA) is 64.1 Å². The highest BCUT2D eigenvalue weighted by atomic mass is 16.5. The summed E-state index contributed by atoms with van der Waals surface area (Å²) in [6, 6.07) is 24.2. The third-order valence-corrected chi connectivity index (χ3v) is 4.37. The Labute approximate surface area is 169 Å². The van der Waals surface area contributed by atoms with Crippen LogP contribution in [-0.4, -0.2) is 15.9 Å². The van der Waals surface area contributed by atoms with E-state index in [0.717, 1.165) is 16.8 Å². The van der Waals surface area contributed by atoms with Crippen LogP contribution in [0.3, 0.4) is 0 Å². The molecule has 5 nitrogen and oxygen atoms in total. The predicted octanol–water partition coefficient (Wildman–Crippen LogP) is 4.87. The first-order valence-corrected chi connectivity index (χ1v) is 9.26. The molecule has 5 heteroatoms. The molecule has 0 aliphatic rings. The molecule has 0 fully saturated rings. The van der Waals surface area contributed by atoms with E-state index in [4.69, 9.17) is 4.74 Å². The van der Waals surface area contributed by atoms with E-state index in [0.29, 0.717) is 23.6 Å². The number of pyridine rings is 2. The van der Waals surface area contributed by atoms with Crippen LogP contribution in [0.4, 0.5) is 0 Å². The van der Waals surface area contributed by atoms with Gasteiger partial charge in [-0.05, 0) is 48.0 Å². The van der Waals surface area contributed by atoms with Gasteiger partial charge in [-0.15, -0.1) is 0 Å². The molecule has 2 heterocycles. The van der Waals surface area contributed by atoms with Crippen molar-refractivity contribution in [2.75, 3.05) is 0 Å². The van der Waals surface area contributed by atoms with E-state index >= 15 is 0 Å². The third-order valence-electron chi connectivity index (χ3n) is 4.37. The van der Waals surface area contributed by atoms with Crippen LogP contribution < -0.4 is 10.1 Å². The molecule has 142 valence electrons. The standard InChI is InChI=1S/C24H19N3O2/c28-24(21-12-4-5-13-22(21)29-20-10-2-1-3-11-20)27-17-19-9-7-15-26-23(19)18-8-6-14-25-16-18/h1-16H,17H2,(H,27,28). The first-order valence-electron chi connectivity index (χ1n) is 9.26. The van der Waals surface area contributed by atoms with Crippen LogP contribution in [-0.2, 0) is 6.54 Å². The van der Waals surface area contributed by atoms with Crippen molar-refractivity contribution in [1.29, 1.82) is 0 Å². The van der Waals surface area contributed by atoms with Crippen molar-refractivity contribution in [2.24, 2.45) is 0 Å². The fourth-order valence-corrected chi connectivity index (χ4v) is 2.97. The second-order valence-corrected chi connectivity index (χ2v) is 6.35. The van der Waals surface area contributed by atoms with Crippen LogP contribution in [0.2, 0.25) is 0 Å². The number of carbonyl (C=O) groups is 1. The summed E-state index contributed by atoms with van der Waals surface area (Å²) in [4.78, 5) is 21.5. The predicted molar refractivity (Wildman–Crippen MR) is 112 cm³/mol. The van der Waals surface area contributed by atoms with Crippen LogP contribution in [0.25, 0.3) is 11.3 Å². The van der Waals surface area contributed by atoms with E-state index in [9.17, 15) is 4.79 Å². The molecule has 0 aliphatic carbocycles. The van der Waals surface area contributed by atoms with Crippen molar-refractivity contribution < 1.29 is 9.53 Å². The number of carbonyl (C=O) groups excluding carboxylic acids is 1. The Morgan fingerprint density at radius 1 is 0.862 bits per heavy atom. The Morgan fingerprint density at radius 2 is 1.66 bits per heavy atom. The first kappa shape index (κ1) is 18.4. The van der Waals surface area contributed by atoms with Crippen molar-refractivity contribution in [3.8, 4) is 22.8 Å². The summed E-state index contributed by atoms with van der Waals surface area (Å²) in [7, 11) is 0. The lowest BCUT2D eigenvalue weighted by molar-refractivity contribution is 0.0948. The van der Waals surface area contributed by atoms with E-state index in [1.54, 1.807) is 30.7 Å². The Balaban J connectivity index is 1.52. The van der Waals surface area contributed by atoms with Gasteiger partial charge in [0.1, 0.15) is 11.5 Å². The molecule has 0 radical (unpaired) electrons. The number of amides is 1. The van der Waals surface area contributed by atoms with Crippen molar-refractivity contribution >= 4 is 5.91 Å². The normalized spacial score (nSPS) is 10.3. The number of nitrogens with one attached hydrogen (secondary N) is 1. The SMILES string of the molecule is O=C(NCc1cccnc1-c1cccnc1)c1ccccc1Oc1ccccc1. The smallest absolute Gasteiger partial charge is 0.255 e. The minimum atomic E-state index is -0.211. The fourth-order valence-electron chi connectivity index (χ4n) is 2.97. The minimum absolute atomic E-state index is 0.211. The van der Waals surface area contributed by atoms with Crippen molar-refractivity contribution in [3.63, 3.8) is 0 Å². The van der Waals surface area contributed by atoms with Gasteiger partial charge in [0.2, 0.25) is 0 Å². The molecule has 2 aromatic heterocycles. The third kappa shape index (κ3) is 4.47. The highest BCUT2D eigenvalue weighted by Gasteiger charge is 2.14. The van der Waals surface area contributed by atoms with Gasteiger partial charge in [0.25, 0.3) is 5.91 Å². The minimum Gasteiger partial charge on any atom is -0.457 e. The quantitative estimate of drug-likeness (QED) is 0.518. The number of para-hydroxylation sites is 2. The summed E-state index contributed by atoms with van der Waals surface area (Å²) < 4.78 is 5.89. The molecule has 0 saturated carbocycles. The van der Waals surface area contributed by atoms with Gasteiger partial charge in [-0.25, -0.2) is 0 Å². The molecular formula is C24H19N3O2. The number of benzene rings is 2. The Morgan fingerprint density at radius 3 is 2.48 bits per heavy atom. The maximum absolute atomic E-state index is 12.9. The number of rotatable bonds is 6. The van der Waals surface area contributed by atoms with Crippen LogP contribution in [0.15, 0.2) is 97.5 Å². The zero-order valence-electron chi connectivity index (χ0n) is 15.7. The summed E-state index contributed by atoms with van der Waals surface area (Å²) in [6.45, 7) is 0.344. The van der Waals surface area contributed by atoms with E-state index < -0.39 is 0 Å². The summed E-state index contributed by atoms with van der Waals surface area (Å²) in [5.41, 5.74) is 3.10. The van der Waals surface area contributed by atoms with E-state index in [1.165, 1.54) is 0 Å². The molecule has 0 unspecified atom stereocenters. The molecule has 0 spiro atoms. The van der Waals surface area contributed by atoms with Crippen molar-refractivity contribution in [1.82, 2.24) is 15.3 Å². The first-order chi connectivity index (χ1) is 14.3. The lowest BCUT2D eigenvalue weighted by atomic mass is 10.1. The number of hydrogen-bond acceptors (Lipinski definition) is 4. The van der Waals surface area contributed by atoms with E-state index in [-0.39, 0.29) is 5.91 Å². The summed E-state index contributed by atoms with van der Waals surface area (Å²) in [5, 5.41) is 2.97. The highest BCUT2D eigenvalue weighted by molar-refractivity contribution is 5.97. The zero-order valence-corrected chi connectivity index (χ0v) is 15.7. The molecular weight excluding hydrogens is 362 g/mol. The molecule has 4 aromatic rings. The van der Waals surface area contributed by atoms with Crippen LogP contribution in [0.1, 0.15) is 15.9 Å². The number of ether oxygens (including phenoxy) is 1. The maximum atomic E-state index is 12.9. The molecule has 1 N–H and O–H groups in total. The molecule has 0 saturated heterocycles. The molecule has 0 atom stereocenters. The van der Waals surface area contributed by atoms with Gasteiger partial charge in [-0.3, -0.25) is 14.8 Å². The molecule has 0 bridgehead atoms. The summed E-state index contributed by atoms with van der Waals surface area (Å²) >= 11 is 0. The lowest BCUT2D eigenvalue weighted by Crippen LogP contribution is -2.23. The molecule has 2 aromatic carbocycles. The molecule has 0 aliphatic heterocycles. The van der Waals surface area contributed by atoms with E-state index in [1.807, 2.05) is 66.7 Å². The second-order valence-electron chi connectivity index (χ2n) is 6.35. The monoisotopic (exact) mass is 381 g/mol. The van der Waals surface area contributed by atoms with Crippen molar-refractivity contribution in [3.05, 3.63) is 109 Å². The summed E-state index contributed by atoms with van der Waals surface area (Å²) in [5.74, 6) is 0.978. The highest BCUT2D eigenvalue weighted by Crippen LogP contribution is 2.25. The maximum Gasteiger partial charge on any atom is 0.255 e. The number of aromatic nitrogens is 2. The van der Waals surface area contributed by atoms with Gasteiger partial charge in [0.15, 0.2) is 0 Å². The number of nitrogens with zero attached hydrogens (tertiary/aromatic N) is 2. The molecule has 29 heavy (non-hydrogen) atoms. The number of hydrogen-bond donors (Lipinski definition) is 1. The zero-order chi connectivity index (χ0) is 19.9. The van der Waals surface area contributed by atoms with E-state index in [2.05, 4.69) is 15.3 Å². The Kier molecular flexibility index (Phi) is 5.58. The van der Waals surface area contributed by atoms with Gasteiger partial charge in [-0.2, -0.15) is 0 Å². The van der Waals surface area contributed by atoms with Crippen molar-refractivity contribution in [2.45, 2.75) is 6.54 Å². The van der Waals surface area contributed by atoms with Gasteiger partial charge in [0, 0.05) is 30.7 Å². The van der Waals surface area contributed by atoms with Gasteiger partial charge < -0.3 is 10.1 Å². The van der Waals surface area contributed by atoms with Gasteiger partial charge >= 0.3 is 0 Å². The fraction of sp³-hybridized carbons (Fsp3) is 0.0417. The largest absolute Gasteiger partial charge is 0.457 e. The van der Waals surface area contributed by atoms with Crippen LogP contribution in [0, 0.1) is 0 Å². The molecule has 4 rings (SSSR count). The second kappa shape index (κ2) is 8.80. The lowest BCUT2D eigenvalue weighted by Gasteiger charge is -2.13. The van der Waals surface area contributed by atoms with Crippen LogP contribution >= 0.6 is 0 Å². The Bertz CT molecular complexity index is 1100. The van der Waals surface area contributed by atoms with Gasteiger partial charge in [0.05, 0.1) is 11.3 Å². The molecule has 1 amide bonds. The van der Waals surface area contributed by atoms with Crippen LogP contribution in [0.5, 0.6) is 11.5 Å². The Hall–Kier alpha value is -3.99. The summed E-state index contributed by atoms with van der Waals surface area (Å²) in [6.07, 6.45) is 5.21. The average Bonchev–Trinajstić information content (AvgIpc) is 2.79. The average molecular weight is 381 g/mol.